The predicted octanol–water partition coefficient (Wildman–Crippen LogP) is 1.96. The van der Waals surface area contributed by atoms with E-state index in [-0.39, 0.29) is 5.91 Å². The van der Waals surface area contributed by atoms with Gasteiger partial charge in [-0.15, -0.1) is 0 Å². The van der Waals surface area contributed by atoms with Crippen LogP contribution in [0.5, 0.6) is 0 Å². The van der Waals surface area contributed by atoms with E-state index in [0.29, 0.717) is 17.7 Å². The Balaban J connectivity index is 1.63. The van der Waals surface area contributed by atoms with Crippen molar-refractivity contribution in [3.63, 3.8) is 0 Å². The van der Waals surface area contributed by atoms with Crippen LogP contribution in [0.2, 0.25) is 0 Å². The average molecular weight is 219 g/mol. The van der Waals surface area contributed by atoms with Gasteiger partial charge >= 0.3 is 0 Å². The summed E-state index contributed by atoms with van der Waals surface area (Å²) in [6, 6.07) is 2.27. The first kappa shape index (κ1) is 9.87. The maximum absolute atomic E-state index is 11.9. The molecule has 16 heavy (non-hydrogen) atoms. The van der Waals surface area contributed by atoms with Gasteiger partial charge in [0.1, 0.15) is 5.69 Å². The smallest absolute Gasteiger partial charge is 0.271 e. The van der Waals surface area contributed by atoms with Crippen LogP contribution in [0.25, 0.3) is 0 Å². The van der Waals surface area contributed by atoms with Crippen molar-refractivity contribution >= 4 is 5.91 Å². The van der Waals surface area contributed by atoms with Gasteiger partial charge < -0.3 is 5.32 Å². The van der Waals surface area contributed by atoms with Crippen molar-refractivity contribution in [3.05, 3.63) is 17.5 Å². The molecule has 3 rings (SSSR count). The van der Waals surface area contributed by atoms with Gasteiger partial charge in [0.05, 0.1) is 0 Å². The molecule has 0 atom stereocenters. The number of hydrogen-bond donors (Lipinski definition) is 2. The Hall–Kier alpha value is -1.32. The molecule has 0 unspecified atom stereocenters. The van der Waals surface area contributed by atoms with E-state index in [1.54, 1.807) is 0 Å². The molecule has 86 valence electrons. The topological polar surface area (TPSA) is 57.8 Å². The summed E-state index contributed by atoms with van der Waals surface area (Å²) < 4.78 is 0. The number of hydrogen-bond acceptors (Lipinski definition) is 2. The minimum atomic E-state index is -0.0185. The minimum absolute atomic E-state index is 0.0185. The van der Waals surface area contributed by atoms with Crippen molar-refractivity contribution in [2.24, 2.45) is 0 Å². The van der Waals surface area contributed by atoms with Crippen LogP contribution in [-0.2, 0) is 0 Å². The standard InChI is InChI=1S/C12H17N3O/c16-12(13-9-3-1-2-4-9)11-7-10(14-15-11)8-5-6-8/h7-9H,1-6H2,(H,13,16)(H,14,15). The fraction of sp³-hybridized carbons (Fsp3) is 0.667. The first-order valence-corrected chi connectivity index (χ1v) is 6.19. The summed E-state index contributed by atoms with van der Waals surface area (Å²) in [4.78, 5) is 11.9. The summed E-state index contributed by atoms with van der Waals surface area (Å²) in [5.41, 5.74) is 1.67. The van der Waals surface area contributed by atoms with Crippen LogP contribution in [-0.4, -0.2) is 22.1 Å². The number of carbonyl (C=O) groups excluding carboxylic acids is 1. The third-order valence-corrected chi connectivity index (χ3v) is 3.54. The highest BCUT2D eigenvalue weighted by atomic mass is 16.2. The van der Waals surface area contributed by atoms with Gasteiger partial charge in [0.2, 0.25) is 0 Å². The van der Waals surface area contributed by atoms with Gasteiger partial charge in [-0.1, -0.05) is 12.8 Å². The van der Waals surface area contributed by atoms with Crippen LogP contribution in [0.3, 0.4) is 0 Å². The Morgan fingerprint density at radius 1 is 1.31 bits per heavy atom. The number of nitrogens with zero attached hydrogens (tertiary/aromatic N) is 1. The molecule has 0 radical (unpaired) electrons. The summed E-state index contributed by atoms with van der Waals surface area (Å²) in [5, 5.41) is 10.1. The Kier molecular flexibility index (Phi) is 2.42. The van der Waals surface area contributed by atoms with E-state index in [1.807, 2.05) is 6.07 Å². The highest BCUT2D eigenvalue weighted by Crippen LogP contribution is 2.38. The van der Waals surface area contributed by atoms with Gasteiger partial charge in [-0.25, -0.2) is 0 Å². The van der Waals surface area contributed by atoms with E-state index in [0.717, 1.165) is 18.5 Å². The molecule has 0 spiro atoms. The second kappa shape index (κ2) is 3.92. The summed E-state index contributed by atoms with van der Waals surface area (Å²) in [7, 11) is 0. The predicted molar refractivity (Wildman–Crippen MR) is 60.3 cm³/mol. The summed E-state index contributed by atoms with van der Waals surface area (Å²) >= 11 is 0. The van der Waals surface area contributed by atoms with Gasteiger partial charge in [-0.3, -0.25) is 9.89 Å². The zero-order chi connectivity index (χ0) is 11.0. The van der Waals surface area contributed by atoms with Crippen molar-refractivity contribution in [2.75, 3.05) is 0 Å². The van der Waals surface area contributed by atoms with Gasteiger partial charge in [0.25, 0.3) is 5.91 Å². The molecule has 1 aromatic rings. The Morgan fingerprint density at radius 3 is 2.75 bits per heavy atom. The third kappa shape index (κ3) is 1.96. The fourth-order valence-corrected chi connectivity index (χ4v) is 2.39. The number of rotatable bonds is 3. The Labute approximate surface area is 94.8 Å². The molecule has 2 aliphatic carbocycles. The lowest BCUT2D eigenvalue weighted by atomic mass is 10.2. The van der Waals surface area contributed by atoms with Crippen LogP contribution in [0, 0.1) is 0 Å². The number of carbonyl (C=O) groups is 1. The van der Waals surface area contributed by atoms with E-state index in [4.69, 9.17) is 0 Å². The molecule has 2 fully saturated rings. The van der Waals surface area contributed by atoms with Crippen molar-refractivity contribution in [1.29, 1.82) is 0 Å². The van der Waals surface area contributed by atoms with E-state index in [2.05, 4.69) is 15.5 Å². The lowest BCUT2D eigenvalue weighted by molar-refractivity contribution is 0.0933. The molecule has 4 heteroatoms. The second-order valence-electron chi connectivity index (χ2n) is 4.94. The maximum Gasteiger partial charge on any atom is 0.271 e. The number of nitrogens with one attached hydrogen (secondary N) is 2. The molecule has 0 bridgehead atoms. The van der Waals surface area contributed by atoms with Crippen LogP contribution >= 0.6 is 0 Å². The first-order valence-electron chi connectivity index (χ1n) is 6.19. The first-order chi connectivity index (χ1) is 7.83. The lowest BCUT2D eigenvalue weighted by Crippen LogP contribution is -2.32. The number of aromatic amines is 1. The van der Waals surface area contributed by atoms with E-state index < -0.39 is 0 Å². The van der Waals surface area contributed by atoms with Gasteiger partial charge in [0.15, 0.2) is 0 Å². The molecule has 2 N–H and O–H groups in total. The SMILES string of the molecule is O=C(NC1CCCC1)c1cc(C2CC2)[nH]n1. The molecule has 0 aliphatic heterocycles. The van der Waals surface area contributed by atoms with Crippen LogP contribution in [0.1, 0.15) is 60.6 Å². The van der Waals surface area contributed by atoms with E-state index in [1.165, 1.54) is 25.7 Å². The quantitative estimate of drug-likeness (QED) is 0.816. The second-order valence-corrected chi connectivity index (χ2v) is 4.94. The van der Waals surface area contributed by atoms with Crippen LogP contribution < -0.4 is 5.32 Å². The van der Waals surface area contributed by atoms with Crippen LogP contribution in [0.4, 0.5) is 0 Å². The van der Waals surface area contributed by atoms with Gasteiger partial charge in [-0.05, 0) is 31.7 Å². The highest BCUT2D eigenvalue weighted by molar-refractivity contribution is 5.92. The summed E-state index contributed by atoms with van der Waals surface area (Å²) in [6.07, 6.45) is 7.16. The molecular weight excluding hydrogens is 202 g/mol. The third-order valence-electron chi connectivity index (χ3n) is 3.54. The molecule has 1 heterocycles. The van der Waals surface area contributed by atoms with E-state index >= 15 is 0 Å². The number of aromatic nitrogens is 2. The van der Waals surface area contributed by atoms with Gasteiger partial charge in [0, 0.05) is 17.7 Å². The van der Waals surface area contributed by atoms with Crippen molar-refractivity contribution in [1.82, 2.24) is 15.5 Å². The van der Waals surface area contributed by atoms with Crippen molar-refractivity contribution < 1.29 is 4.79 Å². The Bertz CT molecular complexity index is 389. The zero-order valence-corrected chi connectivity index (χ0v) is 9.33. The molecular formula is C12H17N3O. The van der Waals surface area contributed by atoms with Crippen molar-refractivity contribution in [2.45, 2.75) is 50.5 Å². The largest absolute Gasteiger partial charge is 0.348 e. The summed E-state index contributed by atoms with van der Waals surface area (Å²) in [5.74, 6) is 0.607. The Morgan fingerprint density at radius 2 is 2.06 bits per heavy atom. The van der Waals surface area contributed by atoms with Crippen LogP contribution in [0.15, 0.2) is 6.07 Å². The lowest BCUT2D eigenvalue weighted by Gasteiger charge is -2.09. The molecule has 0 saturated heterocycles. The van der Waals surface area contributed by atoms with Crippen molar-refractivity contribution in [3.8, 4) is 0 Å². The normalized spacial score (nSPS) is 21.2. The maximum atomic E-state index is 11.9. The molecule has 1 amide bonds. The minimum Gasteiger partial charge on any atom is -0.348 e. The molecule has 0 aromatic carbocycles. The monoisotopic (exact) mass is 219 g/mol. The van der Waals surface area contributed by atoms with E-state index in [9.17, 15) is 4.79 Å². The number of H-pyrrole nitrogens is 1. The molecule has 2 aliphatic rings. The highest BCUT2D eigenvalue weighted by Gasteiger charge is 2.27. The molecule has 1 aromatic heterocycles. The summed E-state index contributed by atoms with van der Waals surface area (Å²) in [6.45, 7) is 0. The fourth-order valence-electron chi connectivity index (χ4n) is 2.39. The number of amides is 1. The van der Waals surface area contributed by atoms with Gasteiger partial charge in [-0.2, -0.15) is 5.10 Å². The average Bonchev–Trinajstić information content (AvgIpc) is 2.82. The zero-order valence-electron chi connectivity index (χ0n) is 9.33. The molecule has 4 nitrogen and oxygen atoms in total. The molecule has 2 saturated carbocycles.